The Balaban J connectivity index is 4.11. The average Bonchev–Trinajstić information content (AvgIpc) is 1.56. The minimum absolute atomic E-state index is 0.769. The maximum absolute atomic E-state index is 10.9. The molecule has 0 radical (unpaired) electrons. The average molecular weight is 280 g/mol. The molecule has 0 N–H and O–H groups in total. The van der Waals surface area contributed by atoms with Crippen molar-refractivity contribution in [3.8, 4) is 0 Å². The summed E-state index contributed by atoms with van der Waals surface area (Å²) < 4.78 is 3.02. The molecule has 0 fully saturated rings. The van der Waals surface area contributed by atoms with Crippen LogP contribution >= 0.6 is 34.8 Å². The summed E-state index contributed by atoms with van der Waals surface area (Å²) in [5, 5.41) is 0. The molecule has 0 saturated carbocycles. The molecule has 0 aromatic carbocycles. The Morgan fingerprint density at radius 3 is 1.73 bits per heavy atom. The van der Waals surface area contributed by atoms with E-state index in [0.29, 0.717) is 0 Å². The van der Waals surface area contributed by atoms with Gasteiger partial charge in [-0.2, -0.15) is 0 Å². The van der Waals surface area contributed by atoms with Gasteiger partial charge in [0.2, 0.25) is 0 Å². The topological polar surface area (TPSA) is 26.3 Å². The molecule has 0 spiro atoms. The first-order valence-electron chi connectivity index (χ1n) is 2.93. The van der Waals surface area contributed by atoms with E-state index in [4.69, 9.17) is 38.6 Å². The second-order valence-electron chi connectivity index (χ2n) is 3.00. The predicted molar refractivity (Wildman–Crippen MR) is 49.7 cm³/mol. The van der Waals surface area contributed by atoms with Crippen molar-refractivity contribution >= 4 is 54.4 Å². The van der Waals surface area contributed by atoms with Gasteiger partial charge >= 0.3 is 84.0 Å². The number of alkyl halides is 3. The third-order valence-corrected chi connectivity index (χ3v) is 2.77. The van der Waals surface area contributed by atoms with Crippen LogP contribution in [-0.4, -0.2) is 23.4 Å². The molecule has 0 heterocycles. The maximum atomic E-state index is 10.9. The number of hydrogen-bond donors (Lipinski definition) is 0. The number of rotatable bonds is 1. The second-order valence-corrected chi connectivity index (χ2v) is 14.6. The Morgan fingerprint density at radius 1 is 1.27 bits per heavy atom. The molecule has 0 aliphatic carbocycles. The van der Waals surface area contributed by atoms with Crippen LogP contribution in [0.25, 0.3) is 0 Å². The van der Waals surface area contributed by atoms with Crippen molar-refractivity contribution in [2.75, 3.05) is 0 Å². The fraction of sp³-hybridized carbons (Fsp3) is 0.800. The van der Waals surface area contributed by atoms with E-state index in [0.717, 1.165) is 0 Å². The van der Waals surface area contributed by atoms with Gasteiger partial charge in [0, 0.05) is 0 Å². The van der Waals surface area contributed by atoms with E-state index in [1.807, 2.05) is 17.3 Å². The zero-order valence-corrected chi connectivity index (χ0v) is 10.8. The SMILES string of the molecule is [CH3][Ge]([CH3])([CH3])[O]C(=O)C(Cl)(Cl)Cl. The molecule has 0 aromatic rings. The molecule has 6 heteroatoms. The number of carbonyl (C=O) groups excluding carboxylic acids is 1. The van der Waals surface area contributed by atoms with Crippen LogP contribution in [0.2, 0.25) is 17.3 Å². The van der Waals surface area contributed by atoms with Gasteiger partial charge in [-0.3, -0.25) is 0 Å². The van der Waals surface area contributed by atoms with Crippen LogP contribution in [0.5, 0.6) is 0 Å². The van der Waals surface area contributed by atoms with Crippen molar-refractivity contribution in [2.24, 2.45) is 0 Å². The Labute approximate surface area is 83.8 Å². The zero-order chi connectivity index (χ0) is 9.28. The zero-order valence-electron chi connectivity index (χ0n) is 6.45. The second kappa shape index (κ2) is 3.73. The Hall–Kier alpha value is 0.883. The number of halogens is 3. The number of carbonyl (C=O) groups is 1. The third kappa shape index (κ3) is 6.08. The van der Waals surface area contributed by atoms with Gasteiger partial charge in [-0.25, -0.2) is 0 Å². The van der Waals surface area contributed by atoms with Gasteiger partial charge in [-0.15, -0.1) is 0 Å². The van der Waals surface area contributed by atoms with E-state index in [9.17, 15) is 4.79 Å². The van der Waals surface area contributed by atoms with Crippen LogP contribution in [0, 0.1) is 0 Å². The van der Waals surface area contributed by atoms with Crippen LogP contribution in [0.1, 0.15) is 0 Å². The fourth-order valence-corrected chi connectivity index (χ4v) is 2.35. The molecule has 0 aliphatic heterocycles. The van der Waals surface area contributed by atoms with E-state index in [-0.39, 0.29) is 0 Å². The van der Waals surface area contributed by atoms with E-state index in [1.54, 1.807) is 0 Å². The van der Waals surface area contributed by atoms with Crippen molar-refractivity contribution < 1.29 is 8.56 Å². The van der Waals surface area contributed by atoms with Crippen LogP contribution in [-0.2, 0) is 8.56 Å². The van der Waals surface area contributed by atoms with Gasteiger partial charge < -0.3 is 0 Å². The van der Waals surface area contributed by atoms with E-state index >= 15 is 0 Å². The molecule has 0 aliphatic rings. The molecule has 0 aromatic heterocycles. The summed E-state index contributed by atoms with van der Waals surface area (Å²) in [6.07, 6.45) is 0. The van der Waals surface area contributed by atoms with Gasteiger partial charge in [0.05, 0.1) is 0 Å². The quantitative estimate of drug-likeness (QED) is 0.545. The number of hydrogen-bond acceptors (Lipinski definition) is 2. The van der Waals surface area contributed by atoms with Crippen LogP contribution < -0.4 is 0 Å². The van der Waals surface area contributed by atoms with Gasteiger partial charge in [0.25, 0.3) is 0 Å². The summed E-state index contributed by atoms with van der Waals surface area (Å²) in [5.74, 6) is 4.88. The van der Waals surface area contributed by atoms with Crippen molar-refractivity contribution in [2.45, 2.75) is 21.1 Å². The van der Waals surface area contributed by atoms with Crippen LogP contribution in [0.4, 0.5) is 0 Å². The molecule has 0 saturated heterocycles. The summed E-state index contributed by atoms with van der Waals surface area (Å²) in [5.41, 5.74) is 0. The monoisotopic (exact) mass is 280 g/mol. The molecule has 0 bridgehead atoms. The third-order valence-electron chi connectivity index (χ3n) is 0.630. The van der Waals surface area contributed by atoms with Gasteiger partial charge in [-0.05, 0) is 0 Å². The Morgan fingerprint density at radius 2 is 1.64 bits per heavy atom. The van der Waals surface area contributed by atoms with Gasteiger partial charge in [0.1, 0.15) is 0 Å². The first kappa shape index (κ1) is 11.9. The van der Waals surface area contributed by atoms with Gasteiger partial charge in [-0.1, -0.05) is 0 Å². The Kier molecular flexibility index (Phi) is 4.03. The molecule has 0 atom stereocenters. The van der Waals surface area contributed by atoms with Crippen LogP contribution in [0.3, 0.4) is 0 Å². The van der Waals surface area contributed by atoms with Crippen molar-refractivity contribution in [3.05, 3.63) is 0 Å². The molecule has 66 valence electrons. The molecule has 11 heavy (non-hydrogen) atoms. The van der Waals surface area contributed by atoms with Crippen molar-refractivity contribution in [1.29, 1.82) is 0 Å². The standard InChI is InChI=1S/C5H9Cl3GeO2/c1-9(2,3)11-4(10)5(6,7)8/h1-3H3. The summed E-state index contributed by atoms with van der Waals surface area (Å²) >= 11 is 13.4. The fourth-order valence-electron chi connectivity index (χ4n) is 0.336. The molecule has 0 rings (SSSR count). The summed E-state index contributed by atoms with van der Waals surface area (Å²) in [6, 6.07) is 0. The Bertz CT molecular complexity index is 158. The predicted octanol–water partition coefficient (Wildman–Crippen LogP) is 2.73. The van der Waals surface area contributed by atoms with Crippen LogP contribution in [0.15, 0.2) is 0 Å². The first-order chi connectivity index (χ1) is 4.63. The van der Waals surface area contributed by atoms with E-state index in [2.05, 4.69) is 0 Å². The van der Waals surface area contributed by atoms with Gasteiger partial charge in [0.15, 0.2) is 0 Å². The van der Waals surface area contributed by atoms with E-state index in [1.165, 1.54) is 0 Å². The molecular weight excluding hydrogens is 271 g/mol. The van der Waals surface area contributed by atoms with Crippen molar-refractivity contribution in [3.63, 3.8) is 0 Å². The van der Waals surface area contributed by atoms with Crippen molar-refractivity contribution in [1.82, 2.24) is 0 Å². The normalized spacial score (nSPS) is 12.9. The molecule has 2 nitrogen and oxygen atoms in total. The summed E-state index contributed by atoms with van der Waals surface area (Å²) in [6.45, 7) is 0. The molecular formula is C5H9Cl3GeO2. The molecule has 0 amide bonds. The van der Waals surface area contributed by atoms with E-state index < -0.39 is 23.4 Å². The molecule has 0 unspecified atom stereocenters. The summed E-state index contributed by atoms with van der Waals surface area (Å²) in [4.78, 5) is 10.9. The first-order valence-corrected chi connectivity index (χ1v) is 11.2. The minimum atomic E-state index is -2.39. The summed E-state index contributed by atoms with van der Waals surface area (Å²) in [7, 11) is 0.